The number of hydrogen-bond acceptors (Lipinski definition) is 2. The molecule has 0 aliphatic heterocycles. The van der Waals surface area contributed by atoms with Crippen molar-refractivity contribution < 1.29 is 0 Å². The van der Waals surface area contributed by atoms with Crippen molar-refractivity contribution in [3.63, 3.8) is 0 Å². The van der Waals surface area contributed by atoms with Crippen LogP contribution < -0.4 is 0 Å². The molecule has 0 aliphatic carbocycles. The van der Waals surface area contributed by atoms with Crippen LogP contribution in [0, 0.1) is 0 Å². The van der Waals surface area contributed by atoms with Crippen molar-refractivity contribution >= 4 is 35.0 Å². The molecule has 0 atom stereocenters. The zero-order valence-corrected chi connectivity index (χ0v) is 11.3. The Morgan fingerprint density at radius 3 is 2.59 bits per heavy atom. The third kappa shape index (κ3) is 3.32. The van der Waals surface area contributed by atoms with Crippen LogP contribution in [0.2, 0.25) is 5.02 Å². The highest BCUT2D eigenvalue weighted by molar-refractivity contribution is 7.14. The third-order valence-electron chi connectivity index (χ3n) is 2.15. The summed E-state index contributed by atoms with van der Waals surface area (Å²) in [4.78, 5) is 7.47. The molecule has 0 N–H and O–H groups in total. The highest BCUT2D eigenvalue weighted by atomic mass is 35.5. The number of hydrogen-bond donors (Lipinski definition) is 0. The van der Waals surface area contributed by atoms with Crippen molar-refractivity contribution in [2.45, 2.75) is 0 Å². The first-order valence-corrected chi connectivity index (χ1v) is 6.46. The van der Waals surface area contributed by atoms with Gasteiger partial charge >= 0.3 is 0 Å². The summed E-state index contributed by atoms with van der Waals surface area (Å²) in [5.74, 6) is 0. The molecule has 0 fully saturated rings. The first-order chi connectivity index (χ1) is 8.15. The van der Waals surface area contributed by atoms with E-state index < -0.39 is 0 Å². The number of thiophene rings is 1. The zero-order valence-electron chi connectivity index (χ0n) is 9.72. The summed E-state index contributed by atoms with van der Waals surface area (Å²) in [6, 6.07) is 9.92. The van der Waals surface area contributed by atoms with Crippen molar-refractivity contribution in [2.24, 2.45) is 4.99 Å². The molecule has 4 heteroatoms. The summed E-state index contributed by atoms with van der Waals surface area (Å²) in [5.41, 5.74) is 2.15. The van der Waals surface area contributed by atoms with Gasteiger partial charge in [0.05, 0.1) is 12.0 Å². The van der Waals surface area contributed by atoms with Crippen LogP contribution in [0.15, 0.2) is 40.7 Å². The molecule has 2 rings (SSSR count). The van der Waals surface area contributed by atoms with Crippen LogP contribution in [-0.2, 0) is 0 Å². The Hall–Kier alpha value is -1.32. The van der Waals surface area contributed by atoms with Crippen LogP contribution in [-0.4, -0.2) is 25.3 Å². The predicted octanol–water partition coefficient (Wildman–Crippen LogP) is 4.29. The monoisotopic (exact) mass is 264 g/mol. The summed E-state index contributed by atoms with van der Waals surface area (Å²) in [6.45, 7) is 0. The van der Waals surface area contributed by atoms with Crippen LogP contribution >= 0.6 is 22.9 Å². The van der Waals surface area contributed by atoms with Gasteiger partial charge in [0, 0.05) is 29.4 Å². The second-order valence-electron chi connectivity index (χ2n) is 3.88. The fraction of sp³-hybridized carbons (Fsp3) is 0.154. The Labute approximate surface area is 110 Å². The maximum Gasteiger partial charge on any atom is 0.0907 e. The summed E-state index contributed by atoms with van der Waals surface area (Å²) >= 11 is 7.55. The first kappa shape index (κ1) is 12.1. The molecule has 2 nitrogen and oxygen atoms in total. The molecule has 0 spiro atoms. The number of halogens is 1. The predicted molar refractivity (Wildman–Crippen MR) is 76.6 cm³/mol. The average Bonchev–Trinajstić information content (AvgIpc) is 2.76. The van der Waals surface area contributed by atoms with Gasteiger partial charge in [-0.15, -0.1) is 11.3 Å². The minimum absolute atomic E-state index is 0.760. The minimum atomic E-state index is 0.760. The number of benzene rings is 1. The van der Waals surface area contributed by atoms with E-state index in [1.54, 1.807) is 17.7 Å². The van der Waals surface area contributed by atoms with E-state index in [0.717, 1.165) is 10.7 Å². The van der Waals surface area contributed by atoms with E-state index in [1.807, 2.05) is 48.6 Å². The molecule has 1 aromatic heterocycles. The molecule has 0 saturated heterocycles. The Bertz CT molecular complexity index is 514. The molecule has 0 bridgehead atoms. The van der Waals surface area contributed by atoms with Gasteiger partial charge in [0.15, 0.2) is 0 Å². The number of rotatable bonds is 3. The summed E-state index contributed by atoms with van der Waals surface area (Å²) in [5, 5.41) is 2.81. The lowest BCUT2D eigenvalue weighted by molar-refractivity contribution is 0.643. The molecule has 1 aromatic carbocycles. The molecule has 88 valence electrons. The number of nitrogens with zero attached hydrogens (tertiary/aromatic N) is 2. The maximum absolute atomic E-state index is 5.86. The van der Waals surface area contributed by atoms with Crippen LogP contribution in [0.5, 0.6) is 0 Å². The smallest absolute Gasteiger partial charge is 0.0907 e. The Morgan fingerprint density at radius 2 is 1.94 bits per heavy atom. The van der Waals surface area contributed by atoms with E-state index in [-0.39, 0.29) is 0 Å². The fourth-order valence-corrected chi connectivity index (χ4v) is 2.31. The topological polar surface area (TPSA) is 15.6 Å². The number of aliphatic imine (C=N–C) groups is 1. The van der Waals surface area contributed by atoms with Gasteiger partial charge in [0.25, 0.3) is 0 Å². The van der Waals surface area contributed by atoms with Crippen LogP contribution in [0.3, 0.4) is 0 Å². The van der Waals surface area contributed by atoms with Crippen molar-refractivity contribution in [3.8, 4) is 10.4 Å². The standard InChI is InChI=1S/C13H13ClN2S/c1-16(2)9-15-12-7-13(17-8-12)10-3-5-11(14)6-4-10/h3-9H,1-2H3. The second kappa shape index (κ2) is 5.34. The van der Waals surface area contributed by atoms with Crippen molar-refractivity contribution in [3.05, 3.63) is 40.7 Å². The average molecular weight is 265 g/mol. The largest absolute Gasteiger partial charge is 0.369 e. The lowest BCUT2D eigenvalue weighted by Gasteiger charge is -2.00. The maximum atomic E-state index is 5.86. The van der Waals surface area contributed by atoms with Crippen LogP contribution in [0.25, 0.3) is 10.4 Å². The van der Waals surface area contributed by atoms with Crippen molar-refractivity contribution in [1.82, 2.24) is 4.90 Å². The summed E-state index contributed by atoms with van der Waals surface area (Å²) < 4.78 is 0. The van der Waals surface area contributed by atoms with E-state index >= 15 is 0 Å². The van der Waals surface area contributed by atoms with Crippen LogP contribution in [0.4, 0.5) is 5.69 Å². The minimum Gasteiger partial charge on any atom is -0.369 e. The lowest BCUT2D eigenvalue weighted by Crippen LogP contribution is -2.06. The van der Waals surface area contributed by atoms with E-state index in [1.165, 1.54) is 10.4 Å². The third-order valence-corrected chi connectivity index (χ3v) is 3.37. The van der Waals surface area contributed by atoms with Crippen molar-refractivity contribution in [2.75, 3.05) is 14.1 Å². The van der Waals surface area contributed by atoms with Gasteiger partial charge in [0.2, 0.25) is 0 Å². The SMILES string of the molecule is CN(C)C=Nc1csc(-c2ccc(Cl)cc2)c1. The Kier molecular flexibility index (Phi) is 3.82. The van der Waals surface area contributed by atoms with E-state index in [9.17, 15) is 0 Å². The van der Waals surface area contributed by atoms with Gasteiger partial charge in [-0.3, -0.25) is 0 Å². The highest BCUT2D eigenvalue weighted by Crippen LogP contribution is 2.31. The van der Waals surface area contributed by atoms with E-state index in [4.69, 9.17) is 11.6 Å². The van der Waals surface area contributed by atoms with Gasteiger partial charge in [-0.1, -0.05) is 23.7 Å². The molecule has 0 aliphatic rings. The Morgan fingerprint density at radius 1 is 1.24 bits per heavy atom. The molecule has 2 aromatic rings. The van der Waals surface area contributed by atoms with E-state index in [0.29, 0.717) is 0 Å². The normalized spacial score (nSPS) is 11.0. The van der Waals surface area contributed by atoms with Gasteiger partial charge in [-0.05, 0) is 23.8 Å². The van der Waals surface area contributed by atoms with Gasteiger partial charge < -0.3 is 4.90 Å². The molecular weight excluding hydrogens is 252 g/mol. The van der Waals surface area contributed by atoms with Gasteiger partial charge in [-0.2, -0.15) is 0 Å². The van der Waals surface area contributed by atoms with Gasteiger partial charge in [0.1, 0.15) is 0 Å². The first-order valence-electron chi connectivity index (χ1n) is 5.20. The Balaban J connectivity index is 2.21. The summed E-state index contributed by atoms with van der Waals surface area (Å²) in [7, 11) is 3.91. The fourth-order valence-electron chi connectivity index (χ4n) is 1.34. The lowest BCUT2D eigenvalue weighted by atomic mass is 10.2. The molecule has 1 heterocycles. The molecular formula is C13H13ClN2S. The molecule has 0 radical (unpaired) electrons. The van der Waals surface area contributed by atoms with E-state index in [2.05, 4.69) is 11.1 Å². The second-order valence-corrected chi connectivity index (χ2v) is 5.23. The molecule has 0 unspecified atom stereocenters. The zero-order chi connectivity index (χ0) is 12.3. The van der Waals surface area contributed by atoms with Crippen molar-refractivity contribution in [1.29, 1.82) is 0 Å². The van der Waals surface area contributed by atoms with Crippen LogP contribution in [0.1, 0.15) is 0 Å². The summed E-state index contributed by atoms with van der Waals surface area (Å²) in [6.07, 6.45) is 1.80. The molecule has 17 heavy (non-hydrogen) atoms. The molecule has 0 amide bonds. The molecule has 0 saturated carbocycles. The quantitative estimate of drug-likeness (QED) is 0.596. The highest BCUT2D eigenvalue weighted by Gasteiger charge is 2.01. The van der Waals surface area contributed by atoms with Gasteiger partial charge in [-0.25, -0.2) is 4.99 Å².